The van der Waals surface area contributed by atoms with Crippen molar-refractivity contribution in [3.63, 3.8) is 0 Å². The van der Waals surface area contributed by atoms with Gasteiger partial charge < -0.3 is 11.1 Å². The largest absolute Gasteiger partial charge is 0.325 e. The zero-order valence-electron chi connectivity index (χ0n) is 7.74. The second-order valence-electron chi connectivity index (χ2n) is 2.96. The Morgan fingerprint density at radius 2 is 2.38 bits per heavy atom. The van der Waals surface area contributed by atoms with Crippen LogP contribution < -0.4 is 11.1 Å². The number of rotatable bonds is 2. The molecule has 0 aliphatic rings. The quantitative estimate of drug-likeness (QED) is 0.701. The molecule has 0 radical (unpaired) electrons. The Kier molecular flexibility index (Phi) is 2.97. The van der Waals surface area contributed by atoms with Crippen molar-refractivity contribution in [3.05, 3.63) is 24.0 Å². The van der Waals surface area contributed by atoms with Crippen molar-refractivity contribution >= 4 is 11.6 Å². The lowest BCUT2D eigenvalue weighted by Gasteiger charge is -2.07. The van der Waals surface area contributed by atoms with Crippen LogP contribution in [0.15, 0.2) is 18.3 Å². The molecular weight excluding hydrogens is 166 g/mol. The average molecular weight is 179 g/mol. The van der Waals surface area contributed by atoms with Crippen LogP contribution in [-0.2, 0) is 4.79 Å². The van der Waals surface area contributed by atoms with Crippen LogP contribution in [0.5, 0.6) is 0 Å². The van der Waals surface area contributed by atoms with Crippen LogP contribution in [0.2, 0.25) is 0 Å². The van der Waals surface area contributed by atoms with Gasteiger partial charge in [-0.15, -0.1) is 0 Å². The lowest BCUT2D eigenvalue weighted by Crippen LogP contribution is -2.32. The molecule has 1 heterocycles. The van der Waals surface area contributed by atoms with E-state index in [9.17, 15) is 4.79 Å². The summed E-state index contributed by atoms with van der Waals surface area (Å²) in [5.74, 6) is -0.189. The molecule has 1 atom stereocenters. The lowest BCUT2D eigenvalue weighted by atomic mass is 10.3. The number of aromatic nitrogens is 1. The Morgan fingerprint density at radius 3 is 2.92 bits per heavy atom. The zero-order valence-corrected chi connectivity index (χ0v) is 7.74. The molecule has 0 aliphatic heterocycles. The predicted molar refractivity (Wildman–Crippen MR) is 51.3 cm³/mol. The maximum atomic E-state index is 11.2. The van der Waals surface area contributed by atoms with Gasteiger partial charge in [-0.3, -0.25) is 9.78 Å². The Labute approximate surface area is 77.2 Å². The number of pyridine rings is 1. The summed E-state index contributed by atoms with van der Waals surface area (Å²) in [6, 6.07) is 3.03. The molecule has 0 aromatic carbocycles. The fourth-order valence-electron chi connectivity index (χ4n) is 0.879. The fourth-order valence-corrected chi connectivity index (χ4v) is 0.879. The van der Waals surface area contributed by atoms with Crippen molar-refractivity contribution in [3.8, 4) is 0 Å². The monoisotopic (exact) mass is 179 g/mol. The first kappa shape index (κ1) is 9.67. The van der Waals surface area contributed by atoms with Crippen LogP contribution in [-0.4, -0.2) is 16.9 Å². The summed E-state index contributed by atoms with van der Waals surface area (Å²) in [5.41, 5.74) is 6.99. The van der Waals surface area contributed by atoms with Crippen LogP contribution in [0.25, 0.3) is 0 Å². The molecule has 1 aromatic rings. The summed E-state index contributed by atoms with van der Waals surface area (Å²) in [7, 11) is 0. The van der Waals surface area contributed by atoms with E-state index in [4.69, 9.17) is 5.73 Å². The highest BCUT2D eigenvalue weighted by Gasteiger charge is 2.06. The number of anilines is 1. The third-order valence-electron chi connectivity index (χ3n) is 1.58. The minimum absolute atomic E-state index is 0.189. The molecule has 3 N–H and O–H groups in total. The number of carbonyl (C=O) groups is 1. The first-order valence-corrected chi connectivity index (χ1v) is 4.08. The van der Waals surface area contributed by atoms with Crippen LogP contribution in [0.1, 0.15) is 12.6 Å². The van der Waals surface area contributed by atoms with Gasteiger partial charge >= 0.3 is 0 Å². The molecule has 1 amide bonds. The molecule has 0 spiro atoms. The van der Waals surface area contributed by atoms with E-state index in [0.717, 1.165) is 11.4 Å². The van der Waals surface area contributed by atoms with Gasteiger partial charge in [0.2, 0.25) is 5.91 Å². The van der Waals surface area contributed by atoms with Gasteiger partial charge in [-0.05, 0) is 26.0 Å². The number of nitrogens with two attached hydrogens (primary N) is 1. The molecule has 0 saturated heterocycles. The summed E-state index contributed by atoms with van der Waals surface area (Å²) in [5, 5.41) is 2.68. The highest BCUT2D eigenvalue weighted by atomic mass is 16.2. The van der Waals surface area contributed by atoms with Gasteiger partial charge in [-0.1, -0.05) is 0 Å². The molecule has 0 aliphatic carbocycles. The minimum atomic E-state index is -0.492. The number of hydrogen-bond acceptors (Lipinski definition) is 3. The Bertz CT molecular complexity index is 309. The molecule has 1 rings (SSSR count). The normalized spacial score (nSPS) is 12.2. The van der Waals surface area contributed by atoms with E-state index in [0.29, 0.717) is 0 Å². The third-order valence-corrected chi connectivity index (χ3v) is 1.58. The maximum absolute atomic E-state index is 11.2. The highest BCUT2D eigenvalue weighted by molar-refractivity contribution is 5.94. The van der Waals surface area contributed by atoms with Gasteiger partial charge in [0.05, 0.1) is 6.04 Å². The molecule has 0 bridgehead atoms. The molecule has 4 heteroatoms. The van der Waals surface area contributed by atoms with E-state index in [1.165, 1.54) is 0 Å². The first-order valence-electron chi connectivity index (χ1n) is 4.08. The van der Waals surface area contributed by atoms with Crippen molar-refractivity contribution in [1.29, 1.82) is 0 Å². The van der Waals surface area contributed by atoms with Crippen molar-refractivity contribution < 1.29 is 4.79 Å². The summed E-state index contributed by atoms with van der Waals surface area (Å²) in [4.78, 5) is 15.2. The van der Waals surface area contributed by atoms with E-state index in [1.54, 1.807) is 25.3 Å². The molecular formula is C9H13N3O. The van der Waals surface area contributed by atoms with Gasteiger partial charge in [0.25, 0.3) is 0 Å². The van der Waals surface area contributed by atoms with Crippen molar-refractivity contribution in [2.75, 3.05) is 5.32 Å². The number of carbonyl (C=O) groups excluding carboxylic acids is 1. The Hall–Kier alpha value is -1.42. The van der Waals surface area contributed by atoms with Crippen LogP contribution >= 0.6 is 0 Å². The predicted octanol–water partition coefficient (Wildman–Crippen LogP) is 0.676. The molecule has 4 nitrogen and oxygen atoms in total. The molecule has 0 fully saturated rings. The smallest absolute Gasteiger partial charge is 0.241 e. The van der Waals surface area contributed by atoms with Crippen molar-refractivity contribution in [1.82, 2.24) is 4.98 Å². The molecule has 70 valence electrons. The minimum Gasteiger partial charge on any atom is -0.325 e. The molecule has 1 aromatic heterocycles. The van der Waals surface area contributed by atoms with Gasteiger partial charge in [0.15, 0.2) is 0 Å². The number of hydrogen-bond donors (Lipinski definition) is 2. The fraction of sp³-hybridized carbons (Fsp3) is 0.333. The zero-order chi connectivity index (χ0) is 9.84. The lowest BCUT2D eigenvalue weighted by molar-refractivity contribution is -0.117. The van der Waals surface area contributed by atoms with Crippen LogP contribution in [0.4, 0.5) is 5.69 Å². The Morgan fingerprint density at radius 1 is 1.69 bits per heavy atom. The van der Waals surface area contributed by atoms with Gasteiger partial charge in [0, 0.05) is 17.6 Å². The summed E-state index contributed by atoms with van der Waals surface area (Å²) in [6.07, 6.45) is 1.64. The SMILES string of the molecule is Cc1cc(NC(=O)C(C)N)ccn1. The number of nitrogens with one attached hydrogen (secondary N) is 1. The standard InChI is InChI=1S/C9H13N3O/c1-6-5-8(3-4-11-6)12-9(13)7(2)10/h3-5,7H,10H2,1-2H3,(H,11,12,13). The summed E-state index contributed by atoms with van der Waals surface area (Å²) < 4.78 is 0. The number of nitrogens with zero attached hydrogens (tertiary/aromatic N) is 1. The molecule has 0 saturated carbocycles. The Balaban J connectivity index is 2.69. The van der Waals surface area contributed by atoms with Gasteiger partial charge in [-0.2, -0.15) is 0 Å². The number of amides is 1. The summed E-state index contributed by atoms with van der Waals surface area (Å²) in [6.45, 7) is 3.50. The average Bonchev–Trinajstić information content (AvgIpc) is 2.04. The number of aryl methyl sites for hydroxylation is 1. The molecule has 1 unspecified atom stereocenters. The first-order chi connectivity index (χ1) is 6.09. The van der Waals surface area contributed by atoms with E-state index in [-0.39, 0.29) is 5.91 Å². The third kappa shape index (κ3) is 2.83. The second kappa shape index (κ2) is 4.00. The van der Waals surface area contributed by atoms with Crippen LogP contribution in [0, 0.1) is 6.92 Å². The second-order valence-corrected chi connectivity index (χ2v) is 2.96. The van der Waals surface area contributed by atoms with Crippen LogP contribution in [0.3, 0.4) is 0 Å². The maximum Gasteiger partial charge on any atom is 0.241 e. The van der Waals surface area contributed by atoms with Gasteiger partial charge in [0.1, 0.15) is 0 Å². The van der Waals surface area contributed by atoms with E-state index in [1.807, 2.05) is 6.92 Å². The molecule has 13 heavy (non-hydrogen) atoms. The van der Waals surface area contributed by atoms with Crippen molar-refractivity contribution in [2.45, 2.75) is 19.9 Å². The van der Waals surface area contributed by atoms with E-state index < -0.39 is 6.04 Å². The van der Waals surface area contributed by atoms with Crippen molar-refractivity contribution in [2.24, 2.45) is 5.73 Å². The topological polar surface area (TPSA) is 68.0 Å². The van der Waals surface area contributed by atoms with E-state index in [2.05, 4.69) is 10.3 Å². The highest BCUT2D eigenvalue weighted by Crippen LogP contribution is 2.06. The van der Waals surface area contributed by atoms with E-state index >= 15 is 0 Å². The van der Waals surface area contributed by atoms with Gasteiger partial charge in [-0.25, -0.2) is 0 Å². The summed E-state index contributed by atoms with van der Waals surface area (Å²) >= 11 is 0.